The molecule has 0 saturated heterocycles. The fraction of sp³-hybridized carbons (Fsp3) is 0.292. The van der Waals surface area contributed by atoms with Crippen LogP contribution in [0.5, 0.6) is 0 Å². The molecule has 28 heavy (non-hydrogen) atoms. The van der Waals surface area contributed by atoms with E-state index in [9.17, 15) is 5.11 Å². The van der Waals surface area contributed by atoms with Crippen LogP contribution in [0.1, 0.15) is 49.0 Å². The molecule has 0 spiro atoms. The number of rotatable bonds is 3. The van der Waals surface area contributed by atoms with Gasteiger partial charge in [-0.05, 0) is 66.0 Å². The molecule has 2 aromatic heterocycles. The lowest BCUT2D eigenvalue weighted by Crippen LogP contribution is -2.21. The molecule has 4 heteroatoms. The minimum Gasteiger partial charge on any atom is -0.387 e. The number of imidazole rings is 1. The number of halogens is 1. The Morgan fingerprint density at radius 1 is 1.00 bits per heavy atom. The summed E-state index contributed by atoms with van der Waals surface area (Å²) < 4.78 is 1.95. The molecular formula is C24H23ClN2O. The van der Waals surface area contributed by atoms with Crippen molar-refractivity contribution in [2.75, 3.05) is 0 Å². The maximum Gasteiger partial charge on any atom is 0.0995 e. The normalized spacial score (nSPS) is 21.2. The molecular weight excluding hydrogens is 368 g/mol. The topological polar surface area (TPSA) is 37.5 Å². The predicted octanol–water partition coefficient (Wildman–Crippen LogP) is 6.15. The van der Waals surface area contributed by atoms with Gasteiger partial charge in [-0.2, -0.15) is 0 Å². The van der Waals surface area contributed by atoms with E-state index in [-0.39, 0.29) is 5.92 Å². The van der Waals surface area contributed by atoms with Gasteiger partial charge in [0.05, 0.1) is 29.8 Å². The molecule has 1 saturated carbocycles. The molecule has 0 bridgehead atoms. The average Bonchev–Trinajstić information content (AvgIpc) is 3.21. The van der Waals surface area contributed by atoms with Crippen LogP contribution in [-0.4, -0.2) is 14.5 Å². The van der Waals surface area contributed by atoms with Gasteiger partial charge in [0.2, 0.25) is 0 Å². The minimum absolute atomic E-state index is 0.246. The Morgan fingerprint density at radius 2 is 1.79 bits per heavy atom. The molecule has 0 aliphatic heterocycles. The van der Waals surface area contributed by atoms with Crippen molar-refractivity contribution >= 4 is 27.9 Å². The number of pyridine rings is 1. The van der Waals surface area contributed by atoms with Crippen LogP contribution in [0, 0.1) is 5.92 Å². The molecule has 1 fully saturated rings. The summed E-state index contributed by atoms with van der Waals surface area (Å²) in [6.07, 6.45) is 7.23. The predicted molar refractivity (Wildman–Crippen MR) is 114 cm³/mol. The SMILES string of the molecule is O[C@@H](c1cc(Cl)cc2cncn12)[C@H]1CC[C@H](c2cccc3ccccc32)CC1. The number of hydrogen-bond acceptors (Lipinski definition) is 2. The van der Waals surface area contributed by atoms with E-state index in [2.05, 4.69) is 47.4 Å². The molecule has 2 heterocycles. The quantitative estimate of drug-likeness (QED) is 0.455. The second kappa shape index (κ2) is 7.23. The third kappa shape index (κ3) is 3.09. The van der Waals surface area contributed by atoms with Crippen LogP contribution in [0.2, 0.25) is 5.02 Å². The summed E-state index contributed by atoms with van der Waals surface area (Å²) in [5.41, 5.74) is 3.21. The standard InChI is InChI=1S/C24H23ClN2O/c25-19-12-20-14-26-15-27(20)23(13-19)24(28)18-10-8-17(9-11-18)22-7-3-5-16-4-1-2-6-21(16)22/h1-7,12-15,17-18,24,28H,8-11H2/t17-,18-,24-/m1/s1. The van der Waals surface area contributed by atoms with Crippen molar-refractivity contribution in [3.63, 3.8) is 0 Å². The monoisotopic (exact) mass is 390 g/mol. The summed E-state index contributed by atoms with van der Waals surface area (Å²) >= 11 is 6.27. The molecule has 1 N–H and O–H groups in total. The number of aliphatic hydroxyl groups is 1. The third-order valence-corrected chi connectivity index (χ3v) is 6.52. The molecule has 4 aromatic rings. The minimum atomic E-state index is -0.524. The van der Waals surface area contributed by atoms with Gasteiger partial charge < -0.3 is 9.51 Å². The molecule has 1 aliphatic rings. The Morgan fingerprint density at radius 3 is 2.64 bits per heavy atom. The number of hydrogen-bond donors (Lipinski definition) is 1. The second-order valence-electron chi connectivity index (χ2n) is 7.91. The smallest absolute Gasteiger partial charge is 0.0995 e. The molecule has 5 rings (SSSR count). The average molecular weight is 391 g/mol. The lowest BCUT2D eigenvalue weighted by molar-refractivity contribution is 0.0764. The van der Waals surface area contributed by atoms with Crippen molar-refractivity contribution in [1.29, 1.82) is 0 Å². The third-order valence-electron chi connectivity index (χ3n) is 6.30. The van der Waals surface area contributed by atoms with Crippen LogP contribution in [0.4, 0.5) is 0 Å². The number of aromatic nitrogens is 2. The highest BCUT2D eigenvalue weighted by atomic mass is 35.5. The first-order valence-electron chi connectivity index (χ1n) is 9.98. The highest BCUT2D eigenvalue weighted by Crippen LogP contribution is 2.43. The van der Waals surface area contributed by atoms with Gasteiger partial charge in [-0.25, -0.2) is 4.98 Å². The summed E-state index contributed by atoms with van der Waals surface area (Å²) in [5.74, 6) is 0.803. The van der Waals surface area contributed by atoms with Crippen molar-refractivity contribution in [3.05, 3.63) is 83.4 Å². The van der Waals surface area contributed by atoms with Crippen LogP contribution in [-0.2, 0) is 0 Å². The highest BCUT2D eigenvalue weighted by molar-refractivity contribution is 6.31. The first-order chi connectivity index (χ1) is 13.7. The van der Waals surface area contributed by atoms with E-state index in [1.807, 2.05) is 16.5 Å². The Hall–Kier alpha value is -2.36. The Balaban J connectivity index is 1.37. The number of benzene rings is 2. The molecule has 1 atom stereocenters. The van der Waals surface area contributed by atoms with Gasteiger partial charge in [0.25, 0.3) is 0 Å². The first-order valence-corrected chi connectivity index (χ1v) is 10.4. The van der Waals surface area contributed by atoms with Crippen molar-refractivity contribution in [3.8, 4) is 0 Å². The van der Waals surface area contributed by atoms with E-state index < -0.39 is 6.10 Å². The zero-order valence-electron chi connectivity index (χ0n) is 15.6. The summed E-state index contributed by atoms with van der Waals surface area (Å²) in [7, 11) is 0. The van der Waals surface area contributed by atoms with Crippen LogP contribution in [0.15, 0.2) is 67.1 Å². The van der Waals surface area contributed by atoms with Crippen LogP contribution >= 0.6 is 11.6 Å². The fourth-order valence-electron chi connectivity index (χ4n) is 4.84. The fourth-order valence-corrected chi connectivity index (χ4v) is 5.07. The van der Waals surface area contributed by atoms with Gasteiger partial charge in [-0.3, -0.25) is 0 Å². The van der Waals surface area contributed by atoms with Gasteiger partial charge in [0.15, 0.2) is 0 Å². The van der Waals surface area contributed by atoms with E-state index in [1.54, 1.807) is 12.5 Å². The van der Waals surface area contributed by atoms with E-state index in [1.165, 1.54) is 16.3 Å². The molecule has 0 unspecified atom stereocenters. The maximum absolute atomic E-state index is 11.1. The molecule has 3 nitrogen and oxygen atoms in total. The summed E-state index contributed by atoms with van der Waals surface area (Å²) in [4.78, 5) is 4.20. The number of fused-ring (bicyclic) bond motifs is 2. The van der Waals surface area contributed by atoms with Gasteiger partial charge in [-0.15, -0.1) is 0 Å². The van der Waals surface area contributed by atoms with E-state index in [0.29, 0.717) is 10.9 Å². The first kappa shape index (κ1) is 17.7. The van der Waals surface area contributed by atoms with Crippen LogP contribution in [0.25, 0.3) is 16.3 Å². The Bertz CT molecular complexity index is 1120. The van der Waals surface area contributed by atoms with Crippen molar-refractivity contribution in [2.24, 2.45) is 5.92 Å². The number of aliphatic hydroxyl groups excluding tert-OH is 1. The number of nitrogens with zero attached hydrogens (tertiary/aromatic N) is 2. The summed E-state index contributed by atoms with van der Waals surface area (Å²) in [5, 5.41) is 14.4. The Labute approximate surface area is 169 Å². The zero-order chi connectivity index (χ0) is 19.1. The summed E-state index contributed by atoms with van der Waals surface area (Å²) in [6, 6.07) is 19.0. The lowest BCUT2D eigenvalue weighted by atomic mass is 9.75. The molecule has 142 valence electrons. The molecule has 2 aromatic carbocycles. The van der Waals surface area contributed by atoms with Crippen molar-refractivity contribution in [1.82, 2.24) is 9.38 Å². The summed E-state index contributed by atoms with van der Waals surface area (Å²) in [6.45, 7) is 0. The van der Waals surface area contributed by atoms with Gasteiger partial charge in [0, 0.05) is 5.02 Å². The zero-order valence-corrected chi connectivity index (χ0v) is 16.4. The molecule has 1 aliphatic carbocycles. The van der Waals surface area contributed by atoms with E-state index in [0.717, 1.165) is 36.9 Å². The van der Waals surface area contributed by atoms with Gasteiger partial charge >= 0.3 is 0 Å². The van der Waals surface area contributed by atoms with Gasteiger partial charge in [0.1, 0.15) is 0 Å². The second-order valence-corrected chi connectivity index (χ2v) is 8.35. The largest absolute Gasteiger partial charge is 0.387 e. The van der Waals surface area contributed by atoms with E-state index in [4.69, 9.17) is 11.6 Å². The highest BCUT2D eigenvalue weighted by Gasteiger charge is 2.30. The van der Waals surface area contributed by atoms with Crippen LogP contribution < -0.4 is 0 Å². The Kier molecular flexibility index (Phi) is 4.58. The van der Waals surface area contributed by atoms with Crippen LogP contribution in [0.3, 0.4) is 0 Å². The van der Waals surface area contributed by atoms with Crippen molar-refractivity contribution in [2.45, 2.75) is 37.7 Å². The van der Waals surface area contributed by atoms with E-state index >= 15 is 0 Å². The lowest BCUT2D eigenvalue weighted by Gasteiger charge is -2.32. The van der Waals surface area contributed by atoms with Crippen molar-refractivity contribution < 1.29 is 5.11 Å². The molecule has 0 radical (unpaired) electrons. The maximum atomic E-state index is 11.1. The molecule has 0 amide bonds. The van der Waals surface area contributed by atoms with Gasteiger partial charge in [-0.1, -0.05) is 54.1 Å².